The molecule has 16 heavy (non-hydrogen) atoms. The minimum absolute atomic E-state index is 0.0698. The highest BCUT2D eigenvalue weighted by Crippen LogP contribution is 2.33. The predicted molar refractivity (Wildman–Crippen MR) is 72.6 cm³/mol. The van der Waals surface area contributed by atoms with Crippen LogP contribution in [-0.4, -0.2) is 10.5 Å². The first kappa shape index (κ1) is 11.7. The molecule has 0 spiro atoms. The molecule has 0 saturated carbocycles. The van der Waals surface area contributed by atoms with Gasteiger partial charge in [-0.2, -0.15) is 0 Å². The first-order valence-electron chi connectivity index (χ1n) is 5.35. The molecule has 1 N–H and O–H groups in total. The quantitative estimate of drug-likeness (QED) is 0.869. The van der Waals surface area contributed by atoms with Crippen LogP contribution < -0.4 is 5.32 Å². The number of rotatable bonds is 3. The first-order valence-corrected chi connectivity index (χ1v) is 6.54. The summed E-state index contributed by atoms with van der Waals surface area (Å²) in [6.45, 7) is 6.49. The Kier molecular flexibility index (Phi) is 3.08. The lowest BCUT2D eigenvalue weighted by Gasteiger charge is -2.23. The van der Waals surface area contributed by atoms with E-state index in [1.807, 2.05) is 18.2 Å². The zero-order valence-electron chi connectivity index (χ0n) is 9.67. The van der Waals surface area contributed by atoms with Crippen LogP contribution >= 0.6 is 22.9 Å². The highest BCUT2D eigenvalue weighted by Gasteiger charge is 2.17. The fourth-order valence-electron chi connectivity index (χ4n) is 1.35. The first-order chi connectivity index (χ1) is 7.52. The molecule has 0 unspecified atom stereocenters. The van der Waals surface area contributed by atoms with Gasteiger partial charge in [0.25, 0.3) is 0 Å². The highest BCUT2D eigenvalue weighted by atomic mass is 35.5. The fraction of sp³-hybridized carbons (Fsp3) is 0.417. The normalized spacial score (nSPS) is 12.0. The summed E-state index contributed by atoms with van der Waals surface area (Å²) in [5, 5.41) is 5.15. The Labute approximate surface area is 105 Å². The fourth-order valence-corrected chi connectivity index (χ4v) is 2.68. The summed E-state index contributed by atoms with van der Waals surface area (Å²) >= 11 is 7.73. The predicted octanol–water partition coefficient (Wildman–Crippen LogP) is 4.55. The van der Waals surface area contributed by atoms with Crippen LogP contribution in [0.5, 0.6) is 0 Å². The van der Waals surface area contributed by atoms with Crippen LogP contribution in [0.25, 0.3) is 10.2 Å². The summed E-state index contributed by atoms with van der Waals surface area (Å²) in [6, 6.07) is 5.82. The summed E-state index contributed by atoms with van der Waals surface area (Å²) in [7, 11) is 0. The molecule has 0 saturated heterocycles. The second kappa shape index (κ2) is 4.22. The van der Waals surface area contributed by atoms with E-state index in [0.29, 0.717) is 0 Å². The van der Waals surface area contributed by atoms with Crippen molar-refractivity contribution >= 4 is 38.3 Å². The summed E-state index contributed by atoms with van der Waals surface area (Å²) in [5.74, 6) is 0. The molecule has 0 aliphatic heterocycles. The van der Waals surface area contributed by atoms with Gasteiger partial charge in [0.2, 0.25) is 0 Å². The van der Waals surface area contributed by atoms with Gasteiger partial charge in [-0.05, 0) is 32.4 Å². The molecule has 0 atom stereocenters. The summed E-state index contributed by atoms with van der Waals surface area (Å²) in [6.07, 6.45) is 1.05. The maximum Gasteiger partial charge on any atom is 0.184 e. The SMILES string of the molecule is CCC(C)(C)Nc1nc2cccc(Cl)c2s1. The van der Waals surface area contributed by atoms with Gasteiger partial charge in [-0.3, -0.25) is 0 Å². The van der Waals surface area contributed by atoms with E-state index >= 15 is 0 Å². The van der Waals surface area contributed by atoms with Crippen LogP contribution in [0.15, 0.2) is 18.2 Å². The molecule has 0 aliphatic rings. The van der Waals surface area contributed by atoms with Crippen molar-refractivity contribution in [2.24, 2.45) is 0 Å². The molecule has 1 heterocycles. The molecule has 1 aromatic heterocycles. The number of thiazole rings is 1. The van der Waals surface area contributed by atoms with Crippen LogP contribution in [-0.2, 0) is 0 Å². The van der Waals surface area contributed by atoms with E-state index in [4.69, 9.17) is 11.6 Å². The Morgan fingerprint density at radius 3 is 2.81 bits per heavy atom. The van der Waals surface area contributed by atoms with E-state index < -0.39 is 0 Å². The number of halogens is 1. The Morgan fingerprint density at radius 2 is 2.19 bits per heavy atom. The number of hydrogen-bond acceptors (Lipinski definition) is 3. The molecule has 4 heteroatoms. The van der Waals surface area contributed by atoms with Gasteiger partial charge < -0.3 is 5.32 Å². The second-order valence-electron chi connectivity index (χ2n) is 4.47. The molecule has 1 aromatic carbocycles. The van der Waals surface area contributed by atoms with Gasteiger partial charge in [0.1, 0.15) is 0 Å². The van der Waals surface area contributed by atoms with Crippen molar-refractivity contribution in [3.05, 3.63) is 23.2 Å². The van der Waals surface area contributed by atoms with Gasteiger partial charge in [-0.1, -0.05) is 35.9 Å². The van der Waals surface area contributed by atoms with Crippen LogP contribution in [0.4, 0.5) is 5.13 Å². The Hall–Kier alpha value is -0.800. The molecule has 0 bridgehead atoms. The third-order valence-corrected chi connectivity index (χ3v) is 4.14. The van der Waals surface area contributed by atoms with Crippen molar-refractivity contribution in [3.8, 4) is 0 Å². The third-order valence-electron chi connectivity index (χ3n) is 2.70. The molecule has 0 radical (unpaired) electrons. The summed E-state index contributed by atoms with van der Waals surface area (Å²) in [4.78, 5) is 4.53. The van der Waals surface area contributed by atoms with E-state index in [0.717, 1.165) is 26.8 Å². The lowest BCUT2D eigenvalue weighted by Crippen LogP contribution is -2.29. The number of nitrogens with zero attached hydrogens (tertiary/aromatic N) is 1. The molecular weight excluding hydrogens is 240 g/mol. The Bertz CT molecular complexity index is 505. The van der Waals surface area contributed by atoms with Crippen molar-refractivity contribution in [1.29, 1.82) is 0 Å². The molecule has 2 rings (SSSR count). The minimum atomic E-state index is 0.0698. The van der Waals surface area contributed by atoms with Gasteiger partial charge >= 0.3 is 0 Å². The number of nitrogens with one attached hydrogen (secondary N) is 1. The van der Waals surface area contributed by atoms with Crippen molar-refractivity contribution in [3.63, 3.8) is 0 Å². The number of fused-ring (bicyclic) bond motifs is 1. The van der Waals surface area contributed by atoms with Crippen molar-refractivity contribution in [2.75, 3.05) is 5.32 Å². The Balaban J connectivity index is 2.37. The van der Waals surface area contributed by atoms with E-state index in [2.05, 4.69) is 31.1 Å². The zero-order chi connectivity index (χ0) is 11.8. The van der Waals surface area contributed by atoms with Gasteiger partial charge in [-0.25, -0.2) is 4.98 Å². The van der Waals surface area contributed by atoms with Crippen molar-refractivity contribution in [1.82, 2.24) is 4.98 Å². The molecule has 0 fully saturated rings. The van der Waals surface area contributed by atoms with Crippen LogP contribution in [0.2, 0.25) is 5.02 Å². The summed E-state index contributed by atoms with van der Waals surface area (Å²) in [5.41, 5.74) is 1.03. The van der Waals surface area contributed by atoms with E-state index in [1.54, 1.807) is 11.3 Å². The largest absolute Gasteiger partial charge is 0.357 e. The maximum atomic E-state index is 6.12. The molecule has 2 nitrogen and oxygen atoms in total. The molecule has 2 aromatic rings. The van der Waals surface area contributed by atoms with Crippen molar-refractivity contribution < 1.29 is 0 Å². The molecule has 0 amide bonds. The average Bonchev–Trinajstić information content (AvgIpc) is 2.61. The molecule has 0 aliphatic carbocycles. The standard InChI is InChI=1S/C12H15ClN2S/c1-4-12(2,3)15-11-14-9-7-5-6-8(13)10(9)16-11/h5-7H,4H2,1-3H3,(H,14,15). The Morgan fingerprint density at radius 1 is 1.44 bits per heavy atom. The average molecular weight is 255 g/mol. The number of aromatic nitrogens is 1. The van der Waals surface area contributed by atoms with Crippen LogP contribution in [0.1, 0.15) is 27.2 Å². The third kappa shape index (κ3) is 2.30. The van der Waals surface area contributed by atoms with Gasteiger partial charge in [0.05, 0.1) is 15.2 Å². The van der Waals surface area contributed by atoms with Crippen LogP contribution in [0, 0.1) is 0 Å². The van der Waals surface area contributed by atoms with E-state index in [-0.39, 0.29) is 5.54 Å². The van der Waals surface area contributed by atoms with Gasteiger partial charge in [0.15, 0.2) is 5.13 Å². The number of benzene rings is 1. The van der Waals surface area contributed by atoms with E-state index in [9.17, 15) is 0 Å². The smallest absolute Gasteiger partial charge is 0.184 e. The zero-order valence-corrected chi connectivity index (χ0v) is 11.2. The van der Waals surface area contributed by atoms with Gasteiger partial charge in [0, 0.05) is 5.54 Å². The topological polar surface area (TPSA) is 24.9 Å². The second-order valence-corrected chi connectivity index (χ2v) is 5.88. The van der Waals surface area contributed by atoms with Crippen LogP contribution in [0.3, 0.4) is 0 Å². The molecular formula is C12H15ClN2S. The highest BCUT2D eigenvalue weighted by molar-refractivity contribution is 7.22. The monoisotopic (exact) mass is 254 g/mol. The van der Waals surface area contributed by atoms with Crippen molar-refractivity contribution in [2.45, 2.75) is 32.7 Å². The lowest BCUT2D eigenvalue weighted by atomic mass is 10.0. The number of anilines is 1. The minimum Gasteiger partial charge on any atom is -0.357 e. The molecule has 86 valence electrons. The number of hydrogen-bond donors (Lipinski definition) is 1. The maximum absolute atomic E-state index is 6.12. The van der Waals surface area contributed by atoms with E-state index in [1.165, 1.54) is 0 Å². The van der Waals surface area contributed by atoms with Gasteiger partial charge in [-0.15, -0.1) is 0 Å². The summed E-state index contributed by atoms with van der Waals surface area (Å²) < 4.78 is 1.05. The lowest BCUT2D eigenvalue weighted by molar-refractivity contribution is 0.547.